The molecule has 1 aromatic carbocycles. The van der Waals surface area contributed by atoms with Crippen molar-refractivity contribution in [2.75, 3.05) is 12.8 Å². The molecule has 4 heteroatoms. The Morgan fingerprint density at radius 3 is 2.87 bits per heavy atom. The van der Waals surface area contributed by atoms with Gasteiger partial charge in [0.25, 0.3) is 0 Å². The fraction of sp³-hybridized carbons (Fsp3) is 0.455. The zero-order valence-electron chi connectivity index (χ0n) is 8.96. The largest absolute Gasteiger partial charge is 0.508 e. The molecule has 1 rings (SSSR count). The molecule has 15 heavy (non-hydrogen) atoms. The van der Waals surface area contributed by atoms with Gasteiger partial charge in [0, 0.05) is 28.9 Å². The molecule has 0 radical (unpaired) electrons. The standard InChI is InChI=1S/C11H16ClNOS/c1-8(15-2)6-13-7-9-10(12)4-3-5-11(9)14/h3-5,8,13-14H,6-7H2,1-2H3. The minimum absolute atomic E-state index is 0.256. The van der Waals surface area contributed by atoms with E-state index in [1.54, 1.807) is 18.2 Å². The van der Waals surface area contributed by atoms with Gasteiger partial charge in [-0.1, -0.05) is 24.6 Å². The molecule has 1 atom stereocenters. The van der Waals surface area contributed by atoms with Crippen molar-refractivity contribution in [3.05, 3.63) is 28.8 Å². The zero-order valence-corrected chi connectivity index (χ0v) is 10.5. The van der Waals surface area contributed by atoms with Crippen LogP contribution in [0.4, 0.5) is 0 Å². The Kier molecular flexibility index (Phi) is 5.29. The third kappa shape index (κ3) is 3.93. The molecule has 0 spiro atoms. The molecule has 0 heterocycles. The lowest BCUT2D eigenvalue weighted by molar-refractivity contribution is 0.464. The second kappa shape index (κ2) is 6.26. The van der Waals surface area contributed by atoms with Crippen LogP contribution in [-0.4, -0.2) is 23.2 Å². The highest BCUT2D eigenvalue weighted by Gasteiger charge is 2.06. The van der Waals surface area contributed by atoms with Crippen LogP contribution in [0.15, 0.2) is 18.2 Å². The van der Waals surface area contributed by atoms with Crippen LogP contribution in [-0.2, 0) is 6.54 Å². The molecule has 2 nitrogen and oxygen atoms in total. The molecule has 0 saturated heterocycles. The maximum absolute atomic E-state index is 9.58. The summed E-state index contributed by atoms with van der Waals surface area (Å²) in [6, 6.07) is 5.18. The number of hydrogen-bond acceptors (Lipinski definition) is 3. The lowest BCUT2D eigenvalue weighted by Crippen LogP contribution is -2.22. The molecule has 0 bridgehead atoms. The van der Waals surface area contributed by atoms with Crippen LogP contribution in [0.5, 0.6) is 5.75 Å². The van der Waals surface area contributed by atoms with Gasteiger partial charge >= 0.3 is 0 Å². The molecule has 0 saturated carbocycles. The van der Waals surface area contributed by atoms with Crippen molar-refractivity contribution in [3.63, 3.8) is 0 Å². The minimum atomic E-state index is 0.256. The number of thioether (sulfide) groups is 1. The number of benzene rings is 1. The predicted octanol–water partition coefficient (Wildman–Crippen LogP) is 2.89. The summed E-state index contributed by atoms with van der Waals surface area (Å²) in [5.41, 5.74) is 0.771. The van der Waals surface area contributed by atoms with Crippen molar-refractivity contribution in [3.8, 4) is 5.75 Å². The number of aromatic hydroxyl groups is 1. The number of phenols is 1. The van der Waals surface area contributed by atoms with E-state index in [4.69, 9.17) is 11.6 Å². The van der Waals surface area contributed by atoms with Crippen molar-refractivity contribution in [2.24, 2.45) is 0 Å². The Morgan fingerprint density at radius 1 is 1.53 bits per heavy atom. The average molecular weight is 246 g/mol. The number of phenolic OH excluding ortho intramolecular Hbond substituents is 1. The van der Waals surface area contributed by atoms with Gasteiger partial charge in [-0.15, -0.1) is 0 Å². The highest BCUT2D eigenvalue weighted by Crippen LogP contribution is 2.24. The third-order valence-electron chi connectivity index (χ3n) is 2.23. The molecule has 1 unspecified atom stereocenters. The number of rotatable bonds is 5. The van der Waals surface area contributed by atoms with Gasteiger partial charge in [-0.25, -0.2) is 0 Å². The van der Waals surface area contributed by atoms with Gasteiger partial charge < -0.3 is 10.4 Å². The Hall–Kier alpha value is -0.380. The number of nitrogens with one attached hydrogen (secondary N) is 1. The Morgan fingerprint density at radius 2 is 2.27 bits per heavy atom. The van der Waals surface area contributed by atoms with Crippen molar-refractivity contribution in [1.82, 2.24) is 5.32 Å². The highest BCUT2D eigenvalue weighted by molar-refractivity contribution is 7.99. The summed E-state index contributed by atoms with van der Waals surface area (Å²) >= 11 is 7.78. The molecule has 0 aromatic heterocycles. The predicted molar refractivity (Wildman–Crippen MR) is 67.8 cm³/mol. The second-order valence-electron chi connectivity index (χ2n) is 3.41. The van der Waals surface area contributed by atoms with Crippen molar-refractivity contribution in [2.45, 2.75) is 18.7 Å². The first-order valence-corrected chi connectivity index (χ1v) is 6.51. The Labute approximate surface area is 100 Å². The molecule has 1 aromatic rings. The van der Waals surface area contributed by atoms with E-state index in [-0.39, 0.29) is 5.75 Å². The van der Waals surface area contributed by atoms with Gasteiger partial charge in [-0.2, -0.15) is 11.8 Å². The van der Waals surface area contributed by atoms with E-state index < -0.39 is 0 Å². The van der Waals surface area contributed by atoms with Gasteiger partial charge in [-0.3, -0.25) is 0 Å². The first-order chi connectivity index (χ1) is 7.15. The molecular weight excluding hydrogens is 230 g/mol. The van der Waals surface area contributed by atoms with E-state index >= 15 is 0 Å². The minimum Gasteiger partial charge on any atom is -0.508 e. The van der Waals surface area contributed by atoms with Crippen LogP contribution in [0.1, 0.15) is 12.5 Å². The van der Waals surface area contributed by atoms with Crippen LogP contribution in [0.25, 0.3) is 0 Å². The van der Waals surface area contributed by atoms with Crippen LogP contribution in [0, 0.1) is 0 Å². The van der Waals surface area contributed by atoms with E-state index in [2.05, 4.69) is 18.5 Å². The monoisotopic (exact) mass is 245 g/mol. The van der Waals surface area contributed by atoms with E-state index in [0.29, 0.717) is 16.8 Å². The van der Waals surface area contributed by atoms with Gasteiger partial charge in [0.2, 0.25) is 0 Å². The quantitative estimate of drug-likeness (QED) is 0.837. The van der Waals surface area contributed by atoms with E-state index in [1.165, 1.54) is 0 Å². The van der Waals surface area contributed by atoms with Gasteiger partial charge in [-0.05, 0) is 18.4 Å². The topological polar surface area (TPSA) is 32.3 Å². The number of hydrogen-bond donors (Lipinski definition) is 2. The molecule has 84 valence electrons. The highest BCUT2D eigenvalue weighted by atomic mass is 35.5. The smallest absolute Gasteiger partial charge is 0.121 e. The van der Waals surface area contributed by atoms with Gasteiger partial charge in [0.15, 0.2) is 0 Å². The van der Waals surface area contributed by atoms with Crippen LogP contribution < -0.4 is 5.32 Å². The fourth-order valence-corrected chi connectivity index (χ4v) is 1.73. The van der Waals surface area contributed by atoms with Crippen molar-refractivity contribution in [1.29, 1.82) is 0 Å². The van der Waals surface area contributed by atoms with Crippen LogP contribution >= 0.6 is 23.4 Å². The summed E-state index contributed by atoms with van der Waals surface area (Å²) in [5.74, 6) is 0.256. The molecule has 0 aliphatic heterocycles. The summed E-state index contributed by atoms with van der Waals surface area (Å²) in [6.07, 6.45) is 2.08. The first kappa shape index (κ1) is 12.7. The second-order valence-corrected chi connectivity index (χ2v) is 5.10. The number of halogens is 1. The molecule has 0 aliphatic rings. The molecule has 0 amide bonds. The molecular formula is C11H16ClNOS. The van der Waals surface area contributed by atoms with E-state index in [9.17, 15) is 5.11 Å². The van der Waals surface area contributed by atoms with E-state index in [0.717, 1.165) is 12.1 Å². The molecule has 0 aliphatic carbocycles. The average Bonchev–Trinajstić information content (AvgIpc) is 2.22. The SMILES string of the molecule is CSC(C)CNCc1c(O)cccc1Cl. The van der Waals surface area contributed by atoms with Crippen LogP contribution in [0.2, 0.25) is 5.02 Å². The lowest BCUT2D eigenvalue weighted by Gasteiger charge is -2.11. The van der Waals surface area contributed by atoms with E-state index in [1.807, 2.05) is 11.8 Å². The summed E-state index contributed by atoms with van der Waals surface area (Å²) in [5, 5.41) is 14.0. The normalized spacial score (nSPS) is 12.7. The first-order valence-electron chi connectivity index (χ1n) is 4.85. The summed E-state index contributed by atoms with van der Waals surface area (Å²) < 4.78 is 0. The maximum atomic E-state index is 9.58. The molecule has 2 N–H and O–H groups in total. The zero-order chi connectivity index (χ0) is 11.3. The van der Waals surface area contributed by atoms with Crippen molar-refractivity contribution < 1.29 is 5.11 Å². The van der Waals surface area contributed by atoms with Crippen LogP contribution in [0.3, 0.4) is 0 Å². The summed E-state index contributed by atoms with van der Waals surface area (Å²) in [7, 11) is 0. The van der Waals surface area contributed by atoms with Crippen molar-refractivity contribution >= 4 is 23.4 Å². The maximum Gasteiger partial charge on any atom is 0.121 e. The summed E-state index contributed by atoms with van der Waals surface area (Å²) in [4.78, 5) is 0. The Balaban J connectivity index is 2.50. The van der Waals surface area contributed by atoms with Gasteiger partial charge in [0.1, 0.15) is 5.75 Å². The van der Waals surface area contributed by atoms with Gasteiger partial charge in [0.05, 0.1) is 0 Å². The lowest BCUT2D eigenvalue weighted by atomic mass is 10.2. The Bertz CT molecular complexity index is 299. The fourth-order valence-electron chi connectivity index (χ4n) is 1.21. The molecule has 0 fully saturated rings. The third-order valence-corrected chi connectivity index (χ3v) is 3.56. The summed E-state index contributed by atoms with van der Waals surface area (Å²) in [6.45, 7) is 3.67.